The zero-order valence-corrected chi connectivity index (χ0v) is 12.8. The average molecular weight is 313 g/mol. The molecule has 0 aliphatic carbocycles. The Hall–Kier alpha value is -3.02. The lowest BCUT2D eigenvalue weighted by Gasteiger charge is -2.11. The number of anilines is 1. The number of ether oxygens (including phenoxy) is 1. The second kappa shape index (κ2) is 8.43. The van der Waals surface area contributed by atoms with Crippen molar-refractivity contribution in [3.63, 3.8) is 0 Å². The average Bonchev–Trinajstić information content (AvgIpc) is 2.59. The Balaban J connectivity index is 1.75. The Kier molecular flexibility index (Phi) is 5.99. The van der Waals surface area contributed by atoms with Crippen LogP contribution in [0.5, 0.6) is 5.75 Å². The third kappa shape index (κ3) is 5.35. The molecule has 0 bridgehead atoms. The molecule has 0 atom stereocenters. The van der Waals surface area contributed by atoms with Crippen molar-refractivity contribution in [3.8, 4) is 5.75 Å². The summed E-state index contributed by atoms with van der Waals surface area (Å²) in [5.41, 5.74) is 1.65. The largest absolute Gasteiger partial charge is 0.495 e. The molecule has 0 fully saturated rings. The van der Waals surface area contributed by atoms with Gasteiger partial charge in [-0.3, -0.25) is 10.1 Å². The van der Waals surface area contributed by atoms with E-state index in [-0.39, 0.29) is 6.54 Å². The predicted octanol–water partition coefficient (Wildman–Crippen LogP) is 2.13. The number of amides is 3. The summed E-state index contributed by atoms with van der Waals surface area (Å²) in [4.78, 5) is 23.4. The Labute approximate surface area is 134 Å². The van der Waals surface area contributed by atoms with Gasteiger partial charge in [0.05, 0.1) is 19.3 Å². The van der Waals surface area contributed by atoms with E-state index in [4.69, 9.17) is 4.74 Å². The van der Waals surface area contributed by atoms with Gasteiger partial charge in [-0.05, 0) is 17.7 Å². The normalized spacial score (nSPS) is 9.78. The van der Waals surface area contributed by atoms with Gasteiger partial charge in [-0.1, -0.05) is 42.5 Å². The predicted molar refractivity (Wildman–Crippen MR) is 88.3 cm³/mol. The molecule has 0 aliphatic rings. The minimum Gasteiger partial charge on any atom is -0.495 e. The molecule has 0 saturated carbocycles. The maximum Gasteiger partial charge on any atom is 0.321 e. The molecule has 0 heterocycles. The fourth-order valence-corrected chi connectivity index (χ4v) is 1.96. The highest BCUT2D eigenvalue weighted by atomic mass is 16.5. The first-order chi connectivity index (χ1) is 11.2. The second-order valence-electron chi connectivity index (χ2n) is 4.77. The molecule has 120 valence electrons. The van der Waals surface area contributed by atoms with Crippen LogP contribution in [0.4, 0.5) is 10.5 Å². The van der Waals surface area contributed by atoms with Crippen molar-refractivity contribution < 1.29 is 14.3 Å². The summed E-state index contributed by atoms with van der Waals surface area (Å²) < 4.78 is 5.17. The van der Waals surface area contributed by atoms with Crippen molar-refractivity contribution in [2.45, 2.75) is 6.54 Å². The Morgan fingerprint density at radius 1 is 1.00 bits per heavy atom. The van der Waals surface area contributed by atoms with Gasteiger partial charge >= 0.3 is 6.03 Å². The highest BCUT2D eigenvalue weighted by Crippen LogP contribution is 2.22. The number of imide groups is 1. The van der Waals surface area contributed by atoms with Crippen LogP contribution in [0, 0.1) is 0 Å². The molecule has 6 heteroatoms. The Bertz CT molecular complexity index is 659. The SMILES string of the molecule is COc1ccccc1NCC(=O)NC(=O)NCc1ccccc1. The van der Waals surface area contributed by atoms with Crippen LogP contribution in [0.1, 0.15) is 5.56 Å². The molecule has 0 radical (unpaired) electrons. The van der Waals surface area contributed by atoms with E-state index in [1.807, 2.05) is 42.5 Å². The first-order valence-corrected chi connectivity index (χ1v) is 7.17. The molecule has 6 nitrogen and oxygen atoms in total. The summed E-state index contributed by atoms with van der Waals surface area (Å²) in [7, 11) is 1.55. The summed E-state index contributed by atoms with van der Waals surface area (Å²) in [5, 5.41) is 7.82. The van der Waals surface area contributed by atoms with E-state index in [2.05, 4.69) is 16.0 Å². The minimum atomic E-state index is -0.527. The van der Waals surface area contributed by atoms with Gasteiger partial charge in [0.1, 0.15) is 5.75 Å². The molecular weight excluding hydrogens is 294 g/mol. The van der Waals surface area contributed by atoms with Gasteiger partial charge in [-0.15, -0.1) is 0 Å². The van der Waals surface area contributed by atoms with E-state index in [1.165, 1.54) is 0 Å². The van der Waals surface area contributed by atoms with Crippen molar-refractivity contribution in [3.05, 3.63) is 60.2 Å². The zero-order chi connectivity index (χ0) is 16.5. The van der Waals surface area contributed by atoms with Gasteiger partial charge in [0.15, 0.2) is 0 Å². The molecule has 0 spiro atoms. The van der Waals surface area contributed by atoms with Crippen molar-refractivity contribution in [1.82, 2.24) is 10.6 Å². The number of rotatable bonds is 6. The molecule has 3 N–H and O–H groups in total. The molecule has 0 unspecified atom stereocenters. The monoisotopic (exact) mass is 313 g/mol. The van der Waals surface area contributed by atoms with Crippen molar-refractivity contribution >= 4 is 17.6 Å². The smallest absolute Gasteiger partial charge is 0.321 e. The van der Waals surface area contributed by atoms with E-state index in [1.54, 1.807) is 19.2 Å². The fraction of sp³-hybridized carbons (Fsp3) is 0.176. The van der Waals surface area contributed by atoms with Crippen LogP contribution in [0.2, 0.25) is 0 Å². The number of hydrogen-bond acceptors (Lipinski definition) is 4. The highest BCUT2D eigenvalue weighted by molar-refractivity contribution is 5.96. The number of carbonyl (C=O) groups is 2. The van der Waals surface area contributed by atoms with Crippen LogP contribution in [-0.2, 0) is 11.3 Å². The van der Waals surface area contributed by atoms with Crippen LogP contribution >= 0.6 is 0 Å². The summed E-state index contributed by atoms with van der Waals surface area (Å²) in [5.74, 6) is 0.204. The van der Waals surface area contributed by atoms with E-state index >= 15 is 0 Å². The molecule has 0 aromatic heterocycles. The molecule has 2 aromatic rings. The molecule has 3 amide bonds. The Morgan fingerprint density at radius 3 is 2.43 bits per heavy atom. The lowest BCUT2D eigenvalue weighted by atomic mass is 10.2. The summed E-state index contributed by atoms with van der Waals surface area (Å²) in [6, 6.07) is 16.2. The number of hydrogen-bond donors (Lipinski definition) is 3. The Morgan fingerprint density at radius 2 is 1.70 bits per heavy atom. The van der Waals surface area contributed by atoms with E-state index in [0.717, 1.165) is 5.56 Å². The topological polar surface area (TPSA) is 79.5 Å². The highest BCUT2D eigenvalue weighted by Gasteiger charge is 2.08. The molecule has 23 heavy (non-hydrogen) atoms. The summed E-state index contributed by atoms with van der Waals surface area (Å²) >= 11 is 0. The minimum absolute atomic E-state index is 0.0286. The second-order valence-corrected chi connectivity index (χ2v) is 4.77. The lowest BCUT2D eigenvalue weighted by molar-refractivity contribution is -0.118. The molecule has 0 saturated heterocycles. The van der Waals surface area contributed by atoms with Crippen LogP contribution in [0.25, 0.3) is 0 Å². The first kappa shape index (κ1) is 16.4. The number of methoxy groups -OCH3 is 1. The van der Waals surface area contributed by atoms with E-state index < -0.39 is 11.9 Å². The van der Waals surface area contributed by atoms with Crippen LogP contribution in [0.15, 0.2) is 54.6 Å². The number of urea groups is 1. The van der Waals surface area contributed by atoms with E-state index in [9.17, 15) is 9.59 Å². The maximum atomic E-state index is 11.8. The summed E-state index contributed by atoms with van der Waals surface area (Å²) in [6.45, 7) is 0.332. The van der Waals surface area contributed by atoms with Crippen molar-refractivity contribution in [2.75, 3.05) is 19.0 Å². The maximum absolute atomic E-state index is 11.8. The van der Waals surface area contributed by atoms with Gasteiger partial charge in [0.25, 0.3) is 0 Å². The molecule has 2 rings (SSSR count). The van der Waals surface area contributed by atoms with Crippen LogP contribution in [-0.4, -0.2) is 25.6 Å². The molecule has 0 aliphatic heterocycles. The first-order valence-electron chi connectivity index (χ1n) is 7.17. The number of benzene rings is 2. The standard InChI is InChI=1S/C17H19N3O3/c1-23-15-10-6-5-9-14(15)18-12-16(21)20-17(22)19-11-13-7-3-2-4-8-13/h2-10,18H,11-12H2,1H3,(H2,19,20,21,22). The number of carbonyl (C=O) groups excluding carboxylic acids is 2. The quantitative estimate of drug-likeness (QED) is 0.763. The molecular formula is C17H19N3O3. The summed E-state index contributed by atoms with van der Waals surface area (Å²) in [6.07, 6.45) is 0. The number of para-hydroxylation sites is 2. The van der Waals surface area contributed by atoms with Gasteiger partial charge in [0.2, 0.25) is 5.91 Å². The van der Waals surface area contributed by atoms with Gasteiger partial charge in [0, 0.05) is 6.54 Å². The van der Waals surface area contributed by atoms with Gasteiger partial charge < -0.3 is 15.4 Å². The van der Waals surface area contributed by atoms with Gasteiger partial charge in [-0.25, -0.2) is 4.79 Å². The van der Waals surface area contributed by atoms with E-state index in [0.29, 0.717) is 18.0 Å². The lowest BCUT2D eigenvalue weighted by Crippen LogP contribution is -2.41. The third-order valence-corrected chi connectivity index (χ3v) is 3.10. The van der Waals surface area contributed by atoms with Crippen molar-refractivity contribution in [1.29, 1.82) is 0 Å². The van der Waals surface area contributed by atoms with Crippen LogP contribution < -0.4 is 20.7 Å². The third-order valence-electron chi connectivity index (χ3n) is 3.10. The fourth-order valence-electron chi connectivity index (χ4n) is 1.96. The van der Waals surface area contributed by atoms with Crippen LogP contribution in [0.3, 0.4) is 0 Å². The zero-order valence-electron chi connectivity index (χ0n) is 12.8. The number of nitrogens with one attached hydrogen (secondary N) is 3. The van der Waals surface area contributed by atoms with Gasteiger partial charge in [-0.2, -0.15) is 0 Å². The van der Waals surface area contributed by atoms with Crippen molar-refractivity contribution in [2.24, 2.45) is 0 Å². The molecule has 2 aromatic carbocycles.